The first-order valence-corrected chi connectivity index (χ1v) is 8.54. The predicted octanol–water partition coefficient (Wildman–Crippen LogP) is 3.63. The zero-order chi connectivity index (χ0) is 13.1. The molecule has 2 saturated heterocycles. The van der Waals surface area contributed by atoms with Crippen molar-refractivity contribution in [3.63, 3.8) is 0 Å². The first kappa shape index (κ1) is 13.3. The van der Waals surface area contributed by atoms with Crippen molar-refractivity contribution in [3.8, 4) is 0 Å². The van der Waals surface area contributed by atoms with E-state index >= 15 is 0 Å². The average Bonchev–Trinajstić information content (AvgIpc) is 2.46. The summed E-state index contributed by atoms with van der Waals surface area (Å²) in [5.74, 6) is 2.09. The molecule has 0 unspecified atom stereocenters. The summed E-state index contributed by atoms with van der Waals surface area (Å²) in [6.07, 6.45) is 7.03. The van der Waals surface area contributed by atoms with Gasteiger partial charge in [0, 0.05) is 22.4 Å². The van der Waals surface area contributed by atoms with Gasteiger partial charge in [-0.3, -0.25) is 0 Å². The molecule has 3 heteroatoms. The van der Waals surface area contributed by atoms with E-state index in [1.54, 1.807) is 0 Å². The summed E-state index contributed by atoms with van der Waals surface area (Å²) in [6.45, 7) is 2.67. The highest BCUT2D eigenvalue weighted by atomic mass is 32.2. The molecule has 0 spiro atoms. The van der Waals surface area contributed by atoms with Crippen molar-refractivity contribution in [2.24, 2.45) is 5.92 Å². The number of nitrogen functional groups attached to an aromatic ring is 1. The molecule has 1 aromatic carbocycles. The maximum Gasteiger partial charge on any atom is 0.0452 e. The first-order valence-electron chi connectivity index (χ1n) is 7.56. The van der Waals surface area contributed by atoms with Crippen LogP contribution in [0.4, 0.5) is 5.69 Å². The number of thioether (sulfide) groups is 1. The largest absolute Gasteiger partial charge is 0.398 e. The molecule has 0 bridgehead atoms. The predicted molar refractivity (Wildman–Crippen MR) is 83.5 cm³/mol. The molecule has 19 heavy (non-hydrogen) atoms. The van der Waals surface area contributed by atoms with Gasteiger partial charge in [-0.2, -0.15) is 0 Å². The van der Waals surface area contributed by atoms with Crippen molar-refractivity contribution in [3.05, 3.63) is 24.3 Å². The van der Waals surface area contributed by atoms with Crippen LogP contribution < -0.4 is 5.73 Å². The number of nitrogens with two attached hydrogens (primary N) is 1. The molecule has 1 aromatic rings. The molecule has 2 N–H and O–H groups in total. The van der Waals surface area contributed by atoms with E-state index in [1.165, 1.54) is 55.8 Å². The van der Waals surface area contributed by atoms with Gasteiger partial charge in [-0.15, -0.1) is 11.8 Å². The van der Waals surface area contributed by atoms with E-state index in [4.69, 9.17) is 5.73 Å². The number of rotatable bonds is 3. The maximum atomic E-state index is 6.04. The molecule has 0 aliphatic carbocycles. The molecule has 104 valence electrons. The molecular formula is C16H24N2S. The Morgan fingerprint density at radius 3 is 2.84 bits per heavy atom. The molecular weight excluding hydrogens is 252 g/mol. The monoisotopic (exact) mass is 276 g/mol. The first-order chi connectivity index (χ1) is 9.34. The number of benzene rings is 1. The van der Waals surface area contributed by atoms with Crippen molar-refractivity contribution in [1.29, 1.82) is 0 Å². The fourth-order valence-electron chi connectivity index (χ4n) is 3.58. The minimum Gasteiger partial charge on any atom is -0.398 e. The van der Waals surface area contributed by atoms with Crippen LogP contribution in [-0.4, -0.2) is 29.8 Å². The van der Waals surface area contributed by atoms with Crippen LogP contribution in [0.25, 0.3) is 0 Å². The number of nitrogens with zero attached hydrogens (tertiary/aromatic N) is 1. The quantitative estimate of drug-likeness (QED) is 0.675. The summed E-state index contributed by atoms with van der Waals surface area (Å²) in [7, 11) is 0. The van der Waals surface area contributed by atoms with E-state index < -0.39 is 0 Å². The molecule has 2 fully saturated rings. The third-order valence-corrected chi connectivity index (χ3v) is 5.88. The summed E-state index contributed by atoms with van der Waals surface area (Å²) >= 11 is 1.96. The number of fused-ring (bicyclic) bond motifs is 1. The van der Waals surface area contributed by atoms with Crippen LogP contribution in [0.1, 0.15) is 32.1 Å². The Hall–Kier alpha value is -0.670. The van der Waals surface area contributed by atoms with Crippen LogP contribution >= 0.6 is 11.8 Å². The van der Waals surface area contributed by atoms with Crippen molar-refractivity contribution in [2.45, 2.75) is 43.0 Å². The molecule has 2 aliphatic rings. The van der Waals surface area contributed by atoms with Crippen molar-refractivity contribution < 1.29 is 0 Å². The van der Waals surface area contributed by atoms with E-state index in [0.717, 1.165) is 17.6 Å². The van der Waals surface area contributed by atoms with Gasteiger partial charge in [0.25, 0.3) is 0 Å². The lowest BCUT2D eigenvalue weighted by molar-refractivity contribution is 0.0693. The molecule has 2 aliphatic heterocycles. The highest BCUT2D eigenvalue weighted by Crippen LogP contribution is 2.35. The summed E-state index contributed by atoms with van der Waals surface area (Å²) in [5.41, 5.74) is 6.97. The lowest BCUT2D eigenvalue weighted by Gasteiger charge is -2.44. The molecule has 2 nitrogen and oxygen atoms in total. The van der Waals surface area contributed by atoms with E-state index in [-0.39, 0.29) is 0 Å². The maximum absolute atomic E-state index is 6.04. The fraction of sp³-hybridized carbons (Fsp3) is 0.625. The van der Waals surface area contributed by atoms with Crippen LogP contribution in [-0.2, 0) is 0 Å². The zero-order valence-corrected chi connectivity index (χ0v) is 12.4. The Balaban J connectivity index is 1.61. The van der Waals surface area contributed by atoms with Crippen LogP contribution in [0.15, 0.2) is 29.2 Å². The molecule has 3 rings (SSSR count). The van der Waals surface area contributed by atoms with Crippen molar-refractivity contribution in [2.75, 3.05) is 24.6 Å². The van der Waals surface area contributed by atoms with Gasteiger partial charge < -0.3 is 10.6 Å². The highest BCUT2D eigenvalue weighted by molar-refractivity contribution is 7.99. The molecule has 0 amide bonds. The topological polar surface area (TPSA) is 29.3 Å². The Labute approximate surface area is 120 Å². The SMILES string of the molecule is Nc1ccccc1SC[C@@H]1CCCN2CCCC[C@@H]12. The van der Waals surface area contributed by atoms with Gasteiger partial charge in [-0.1, -0.05) is 18.6 Å². The standard InChI is InChI=1S/C16H24N2S/c17-14-7-1-2-9-16(14)19-12-13-6-5-11-18-10-4-3-8-15(13)18/h1-2,7,9,13,15H,3-6,8,10-12,17H2/t13-,15-/m0/s1. The second-order valence-electron chi connectivity index (χ2n) is 5.85. The van der Waals surface area contributed by atoms with E-state index in [0.29, 0.717) is 0 Å². The Bertz CT molecular complexity index is 419. The second-order valence-corrected chi connectivity index (χ2v) is 6.91. The average molecular weight is 276 g/mol. The number of hydrogen-bond donors (Lipinski definition) is 1. The second kappa shape index (κ2) is 6.19. The molecule has 0 radical (unpaired) electrons. The molecule has 0 saturated carbocycles. The zero-order valence-electron chi connectivity index (χ0n) is 11.6. The minimum atomic E-state index is 0.847. The number of para-hydroxylation sites is 1. The summed E-state index contributed by atoms with van der Waals surface area (Å²) in [4.78, 5) is 4.00. The fourth-order valence-corrected chi connectivity index (χ4v) is 4.77. The van der Waals surface area contributed by atoms with Gasteiger partial charge in [0.15, 0.2) is 0 Å². The molecule has 2 heterocycles. The smallest absolute Gasteiger partial charge is 0.0452 e. The molecule has 0 aromatic heterocycles. The van der Waals surface area contributed by atoms with Gasteiger partial charge in [0.1, 0.15) is 0 Å². The number of hydrogen-bond acceptors (Lipinski definition) is 3. The summed E-state index contributed by atoms with van der Waals surface area (Å²) in [6, 6.07) is 9.12. The summed E-state index contributed by atoms with van der Waals surface area (Å²) < 4.78 is 0. The highest BCUT2D eigenvalue weighted by Gasteiger charge is 2.32. The van der Waals surface area contributed by atoms with E-state index in [9.17, 15) is 0 Å². The van der Waals surface area contributed by atoms with Gasteiger partial charge in [-0.25, -0.2) is 0 Å². The van der Waals surface area contributed by atoms with Gasteiger partial charge in [-0.05, 0) is 56.8 Å². The van der Waals surface area contributed by atoms with Crippen LogP contribution in [0.2, 0.25) is 0 Å². The van der Waals surface area contributed by atoms with Gasteiger partial charge in [0.05, 0.1) is 0 Å². The van der Waals surface area contributed by atoms with Crippen molar-refractivity contribution >= 4 is 17.4 Å². The van der Waals surface area contributed by atoms with E-state index in [1.807, 2.05) is 23.9 Å². The third kappa shape index (κ3) is 3.09. The van der Waals surface area contributed by atoms with Crippen LogP contribution in [0.5, 0.6) is 0 Å². The van der Waals surface area contributed by atoms with E-state index in [2.05, 4.69) is 17.0 Å². The third-order valence-electron chi connectivity index (χ3n) is 4.60. The normalized spacial score (nSPS) is 28.0. The van der Waals surface area contributed by atoms with Crippen LogP contribution in [0.3, 0.4) is 0 Å². The number of piperidine rings is 2. The van der Waals surface area contributed by atoms with Crippen molar-refractivity contribution in [1.82, 2.24) is 4.90 Å². The Morgan fingerprint density at radius 1 is 1.11 bits per heavy atom. The lowest BCUT2D eigenvalue weighted by atomic mass is 9.85. The Morgan fingerprint density at radius 2 is 1.95 bits per heavy atom. The van der Waals surface area contributed by atoms with Crippen LogP contribution in [0, 0.1) is 5.92 Å². The molecule has 2 atom stereocenters. The van der Waals surface area contributed by atoms with Gasteiger partial charge >= 0.3 is 0 Å². The Kier molecular flexibility index (Phi) is 4.34. The number of anilines is 1. The van der Waals surface area contributed by atoms with Gasteiger partial charge in [0.2, 0.25) is 0 Å². The lowest BCUT2D eigenvalue weighted by Crippen LogP contribution is -2.48. The summed E-state index contributed by atoms with van der Waals surface area (Å²) in [5, 5.41) is 0. The minimum absolute atomic E-state index is 0.847.